The predicted molar refractivity (Wildman–Crippen MR) is 58.3 cm³/mol. The minimum Gasteiger partial charge on any atom is -1.00 e. The Kier molecular flexibility index (Phi) is 4.70. The number of benzene rings is 1. The fourth-order valence-electron chi connectivity index (χ4n) is 1.53. The van der Waals surface area contributed by atoms with Crippen LogP contribution in [0.2, 0.25) is 0 Å². The van der Waals surface area contributed by atoms with Crippen molar-refractivity contribution in [2.24, 2.45) is 0 Å². The molecule has 0 bridgehead atoms. The van der Waals surface area contributed by atoms with Crippen LogP contribution in [-0.4, -0.2) is 11.5 Å². The van der Waals surface area contributed by atoms with Crippen molar-refractivity contribution in [1.29, 1.82) is 0 Å². The third-order valence-corrected chi connectivity index (χ3v) is 5.00. The zero-order valence-corrected chi connectivity index (χ0v) is 10.7. The first-order chi connectivity index (χ1) is 5.86. The molecule has 13 heavy (non-hydrogen) atoms. The fourth-order valence-corrected chi connectivity index (χ4v) is 3.98. The largest absolute Gasteiger partial charge is 1.00 e. The Balaban J connectivity index is 0.000000845. The van der Waals surface area contributed by atoms with Gasteiger partial charge in [-0.3, -0.25) is 0 Å². The van der Waals surface area contributed by atoms with Crippen LogP contribution in [0, 0.1) is 0 Å². The summed E-state index contributed by atoms with van der Waals surface area (Å²) in [5.41, 5.74) is 0. The average Bonchev–Trinajstić information content (AvgIpc) is 2.58. The van der Waals surface area contributed by atoms with Crippen molar-refractivity contribution < 1.29 is 17.0 Å². The summed E-state index contributed by atoms with van der Waals surface area (Å²) in [5.74, 6) is 2.82. The zero-order chi connectivity index (χ0) is 8.39. The Bertz CT molecular complexity index is 252. The maximum Gasteiger partial charge on any atom is 0.154 e. The van der Waals surface area contributed by atoms with Crippen LogP contribution in [0.15, 0.2) is 34.1 Å². The second-order valence-electron chi connectivity index (χ2n) is 3.10. The molecule has 0 atom stereocenters. The van der Waals surface area contributed by atoms with Gasteiger partial charge in [0.25, 0.3) is 0 Å². The van der Waals surface area contributed by atoms with Crippen LogP contribution in [0.4, 0.5) is 0 Å². The second kappa shape index (κ2) is 5.32. The van der Waals surface area contributed by atoms with E-state index >= 15 is 0 Å². The van der Waals surface area contributed by atoms with Crippen molar-refractivity contribution in [2.75, 3.05) is 11.5 Å². The van der Waals surface area contributed by atoms with Crippen LogP contribution in [0.5, 0.6) is 0 Å². The molecule has 0 amide bonds. The second-order valence-corrected chi connectivity index (χ2v) is 5.89. The van der Waals surface area contributed by atoms with Gasteiger partial charge < -0.3 is 17.0 Å². The first-order valence-electron chi connectivity index (χ1n) is 4.33. The van der Waals surface area contributed by atoms with Crippen LogP contribution >= 0.6 is 12.6 Å². The lowest BCUT2D eigenvalue weighted by Gasteiger charge is -1.99. The summed E-state index contributed by atoms with van der Waals surface area (Å²) >= 11 is 4.28. The van der Waals surface area contributed by atoms with E-state index in [9.17, 15) is 0 Å². The van der Waals surface area contributed by atoms with E-state index in [1.807, 2.05) is 0 Å². The highest BCUT2D eigenvalue weighted by Gasteiger charge is 2.26. The van der Waals surface area contributed by atoms with Crippen LogP contribution in [0.25, 0.3) is 0 Å². The summed E-state index contributed by atoms with van der Waals surface area (Å²) in [6, 6.07) is 8.67. The molecule has 1 aromatic carbocycles. The summed E-state index contributed by atoms with van der Waals surface area (Å²) in [6.07, 6.45) is 2.84. The van der Waals surface area contributed by atoms with Crippen LogP contribution in [0.3, 0.4) is 0 Å². The van der Waals surface area contributed by atoms with Gasteiger partial charge >= 0.3 is 0 Å². The minimum absolute atomic E-state index is 0. The molecular formula is C10H13BrS2. The third-order valence-electron chi connectivity index (χ3n) is 2.20. The fraction of sp³-hybridized carbons (Fsp3) is 0.400. The van der Waals surface area contributed by atoms with Gasteiger partial charge in [0.05, 0.1) is 0 Å². The molecule has 1 heterocycles. The van der Waals surface area contributed by atoms with Crippen LogP contribution in [-0.2, 0) is 10.9 Å². The van der Waals surface area contributed by atoms with Crippen molar-refractivity contribution in [3.63, 3.8) is 0 Å². The van der Waals surface area contributed by atoms with Gasteiger partial charge in [0.2, 0.25) is 0 Å². The summed E-state index contributed by atoms with van der Waals surface area (Å²) < 4.78 is 0. The number of hydrogen-bond donors (Lipinski definition) is 1. The number of halogens is 1. The maximum atomic E-state index is 4.28. The van der Waals surface area contributed by atoms with E-state index in [4.69, 9.17) is 0 Å². The molecule has 1 aromatic rings. The molecule has 0 N–H and O–H groups in total. The summed E-state index contributed by atoms with van der Waals surface area (Å²) in [7, 11) is 0.567. The van der Waals surface area contributed by atoms with Gasteiger partial charge in [-0.1, -0.05) is 0 Å². The van der Waals surface area contributed by atoms with Gasteiger partial charge in [0, 0.05) is 15.8 Å². The number of hydrogen-bond acceptors (Lipinski definition) is 1. The Hall–Kier alpha value is 0.400. The van der Waals surface area contributed by atoms with Crippen molar-refractivity contribution in [2.45, 2.75) is 22.6 Å². The van der Waals surface area contributed by atoms with E-state index in [-0.39, 0.29) is 17.0 Å². The van der Waals surface area contributed by atoms with Crippen LogP contribution < -0.4 is 17.0 Å². The van der Waals surface area contributed by atoms with Gasteiger partial charge in [0.15, 0.2) is 4.90 Å². The van der Waals surface area contributed by atoms with Crippen molar-refractivity contribution in [1.82, 2.24) is 0 Å². The Morgan fingerprint density at radius 1 is 1.00 bits per heavy atom. The molecule has 72 valence electrons. The highest BCUT2D eigenvalue weighted by atomic mass is 79.9. The first-order valence-corrected chi connectivity index (χ1v) is 6.34. The molecule has 0 radical (unpaired) electrons. The van der Waals surface area contributed by atoms with E-state index in [0.717, 1.165) is 4.90 Å². The van der Waals surface area contributed by atoms with Gasteiger partial charge in [-0.2, -0.15) is 0 Å². The molecule has 1 saturated heterocycles. The van der Waals surface area contributed by atoms with Gasteiger partial charge in [-0.05, 0) is 37.1 Å². The maximum absolute atomic E-state index is 4.28. The molecule has 0 saturated carbocycles. The smallest absolute Gasteiger partial charge is 0.154 e. The van der Waals surface area contributed by atoms with Crippen molar-refractivity contribution in [3.05, 3.63) is 24.3 Å². The summed E-state index contributed by atoms with van der Waals surface area (Å²) in [6.45, 7) is 0. The topological polar surface area (TPSA) is 0 Å². The molecule has 0 nitrogen and oxygen atoms in total. The molecular weight excluding hydrogens is 264 g/mol. The van der Waals surface area contributed by atoms with E-state index in [2.05, 4.69) is 36.9 Å². The molecule has 0 spiro atoms. The Morgan fingerprint density at radius 3 is 2.08 bits per heavy atom. The first kappa shape index (κ1) is 11.5. The molecule has 1 fully saturated rings. The molecule has 2 rings (SSSR count). The van der Waals surface area contributed by atoms with E-state index in [1.54, 1.807) is 0 Å². The normalized spacial score (nSPS) is 17.0. The third kappa shape index (κ3) is 2.93. The summed E-state index contributed by atoms with van der Waals surface area (Å²) in [5, 5.41) is 0. The highest BCUT2D eigenvalue weighted by Crippen LogP contribution is 2.23. The number of thiol groups is 1. The quantitative estimate of drug-likeness (QED) is 0.531. The molecule has 0 aromatic heterocycles. The van der Waals surface area contributed by atoms with E-state index in [1.165, 1.54) is 29.2 Å². The zero-order valence-electron chi connectivity index (χ0n) is 7.37. The summed E-state index contributed by atoms with van der Waals surface area (Å²) in [4.78, 5) is 2.60. The molecule has 1 aliphatic heterocycles. The van der Waals surface area contributed by atoms with Crippen molar-refractivity contribution in [3.8, 4) is 0 Å². The van der Waals surface area contributed by atoms with Gasteiger partial charge in [-0.15, -0.1) is 12.6 Å². The lowest BCUT2D eigenvalue weighted by atomic mass is 10.4. The predicted octanol–water partition coefficient (Wildman–Crippen LogP) is -0.250. The lowest BCUT2D eigenvalue weighted by Crippen LogP contribution is -3.00. The van der Waals surface area contributed by atoms with Crippen LogP contribution in [0.1, 0.15) is 12.8 Å². The molecule has 0 aliphatic carbocycles. The molecule has 0 unspecified atom stereocenters. The van der Waals surface area contributed by atoms with Gasteiger partial charge in [-0.25, -0.2) is 0 Å². The SMILES string of the molecule is Sc1ccc([S+]2CCCC2)cc1.[Br-]. The monoisotopic (exact) mass is 276 g/mol. The lowest BCUT2D eigenvalue weighted by molar-refractivity contribution is -0.00000234. The number of rotatable bonds is 1. The van der Waals surface area contributed by atoms with Crippen molar-refractivity contribution >= 4 is 23.5 Å². The molecule has 3 heteroatoms. The highest BCUT2D eigenvalue weighted by molar-refractivity contribution is 7.97. The standard InChI is InChI=1S/C10H12S2.BrH/c11-9-3-5-10(6-4-9)12-7-1-2-8-12;/h3-6H,1-2,7-8H2;1H. The molecule has 1 aliphatic rings. The Labute approximate surface area is 98.6 Å². The average molecular weight is 277 g/mol. The van der Waals surface area contributed by atoms with E-state index in [0.29, 0.717) is 10.9 Å². The minimum atomic E-state index is 0. The Morgan fingerprint density at radius 2 is 1.54 bits per heavy atom. The van der Waals surface area contributed by atoms with Gasteiger partial charge in [0.1, 0.15) is 11.5 Å². The van der Waals surface area contributed by atoms with E-state index < -0.39 is 0 Å².